The molecule has 30 heavy (non-hydrogen) atoms. The average Bonchev–Trinajstić information content (AvgIpc) is 2.78. The molecule has 4 rings (SSSR count). The number of fused-ring (bicyclic) bond motifs is 1. The fraction of sp³-hybridized carbons (Fsp3) is 0.429. The first kappa shape index (κ1) is 20.4. The van der Waals surface area contributed by atoms with Crippen LogP contribution in [0, 0.1) is 6.57 Å². The maximum Gasteiger partial charge on any atom is 0.410 e. The van der Waals surface area contributed by atoms with Crippen LogP contribution < -0.4 is 10.2 Å². The molecule has 0 saturated carbocycles. The smallest absolute Gasteiger partial charge is 0.410 e. The van der Waals surface area contributed by atoms with E-state index in [0.29, 0.717) is 26.2 Å². The molecule has 8 nitrogen and oxygen atoms in total. The third-order valence-corrected chi connectivity index (χ3v) is 5.58. The first-order valence-corrected chi connectivity index (χ1v) is 10.3. The zero-order valence-corrected chi connectivity index (χ0v) is 17.3. The third-order valence-electron chi connectivity index (χ3n) is 5.41. The van der Waals surface area contributed by atoms with Crippen LogP contribution >= 0.6 is 11.6 Å². The van der Waals surface area contributed by atoms with Gasteiger partial charge in [0.25, 0.3) is 0 Å². The summed E-state index contributed by atoms with van der Waals surface area (Å²) in [5.41, 5.74) is 2.95. The summed E-state index contributed by atoms with van der Waals surface area (Å²) in [5.74, 6) is 0.818. The summed E-state index contributed by atoms with van der Waals surface area (Å²) in [7, 11) is 0. The van der Waals surface area contributed by atoms with Gasteiger partial charge in [-0.15, -0.1) is 0 Å². The van der Waals surface area contributed by atoms with Gasteiger partial charge < -0.3 is 19.8 Å². The second-order valence-electron chi connectivity index (χ2n) is 7.34. The number of aromatic nitrogens is 2. The van der Waals surface area contributed by atoms with Gasteiger partial charge in [0.15, 0.2) is 0 Å². The standard InChI is InChI=1S/C21H23ClN6O2/c1-23-11-16-13-27(19-17-7-8-24-12-18(17)25-20(22)26-19)9-10-28(16)21(29)30-14-15-5-3-2-4-6-15/h2-6,16,24H,7-14H2. The van der Waals surface area contributed by atoms with Crippen LogP contribution in [0.3, 0.4) is 0 Å². The van der Waals surface area contributed by atoms with Crippen molar-refractivity contribution in [2.45, 2.75) is 25.6 Å². The number of ether oxygens (including phenoxy) is 1. The quantitative estimate of drug-likeness (QED) is 0.598. The van der Waals surface area contributed by atoms with Crippen LogP contribution in [0.4, 0.5) is 10.6 Å². The van der Waals surface area contributed by atoms with Crippen molar-refractivity contribution in [3.05, 3.63) is 63.9 Å². The van der Waals surface area contributed by atoms with Crippen molar-refractivity contribution in [3.8, 4) is 0 Å². The minimum absolute atomic E-state index is 0.208. The summed E-state index contributed by atoms with van der Waals surface area (Å²) in [5, 5.41) is 3.52. The molecule has 1 atom stereocenters. The highest BCUT2D eigenvalue weighted by Crippen LogP contribution is 2.27. The van der Waals surface area contributed by atoms with E-state index in [9.17, 15) is 4.79 Å². The molecule has 0 aliphatic carbocycles. The minimum atomic E-state index is -0.390. The molecular formula is C21H23ClN6O2. The fourth-order valence-electron chi connectivity index (χ4n) is 3.92. The van der Waals surface area contributed by atoms with Gasteiger partial charge in [-0.25, -0.2) is 21.3 Å². The molecule has 1 aromatic heterocycles. The van der Waals surface area contributed by atoms with E-state index in [2.05, 4.69) is 25.0 Å². The fourth-order valence-corrected chi connectivity index (χ4v) is 4.11. The number of carbonyl (C=O) groups is 1. The Morgan fingerprint density at radius 1 is 1.30 bits per heavy atom. The Hall–Kier alpha value is -2.89. The van der Waals surface area contributed by atoms with Gasteiger partial charge in [-0.3, -0.25) is 4.90 Å². The summed E-state index contributed by atoms with van der Waals surface area (Å²) in [6.07, 6.45) is 0.438. The highest BCUT2D eigenvalue weighted by Gasteiger charge is 2.35. The number of halogens is 1. The van der Waals surface area contributed by atoms with E-state index < -0.39 is 0 Å². The van der Waals surface area contributed by atoms with E-state index in [1.54, 1.807) is 4.90 Å². The van der Waals surface area contributed by atoms with Gasteiger partial charge in [0.1, 0.15) is 18.5 Å². The number of hydrogen-bond acceptors (Lipinski definition) is 6. The molecule has 0 radical (unpaired) electrons. The summed E-state index contributed by atoms with van der Waals surface area (Å²) >= 11 is 6.17. The molecule has 0 bridgehead atoms. The number of anilines is 1. The molecule has 2 aliphatic rings. The molecule has 2 aliphatic heterocycles. The van der Waals surface area contributed by atoms with E-state index >= 15 is 0 Å². The Labute approximate surface area is 180 Å². The largest absolute Gasteiger partial charge is 0.445 e. The maximum absolute atomic E-state index is 12.7. The summed E-state index contributed by atoms with van der Waals surface area (Å²) in [6, 6.07) is 9.30. The molecule has 1 saturated heterocycles. The van der Waals surface area contributed by atoms with Crippen molar-refractivity contribution in [3.63, 3.8) is 0 Å². The van der Waals surface area contributed by atoms with Crippen molar-refractivity contribution >= 4 is 23.5 Å². The zero-order valence-electron chi connectivity index (χ0n) is 16.6. The third kappa shape index (κ3) is 4.48. The molecule has 1 amide bonds. The second kappa shape index (κ2) is 9.28. The van der Waals surface area contributed by atoms with Crippen molar-refractivity contribution in [2.75, 3.05) is 37.6 Å². The predicted octanol–water partition coefficient (Wildman–Crippen LogP) is 2.52. The van der Waals surface area contributed by atoms with Gasteiger partial charge in [0.05, 0.1) is 5.69 Å². The highest BCUT2D eigenvalue weighted by atomic mass is 35.5. The van der Waals surface area contributed by atoms with E-state index in [-0.39, 0.29) is 30.6 Å². The van der Waals surface area contributed by atoms with E-state index in [1.165, 1.54) is 0 Å². The van der Waals surface area contributed by atoms with Crippen LogP contribution in [0.5, 0.6) is 0 Å². The van der Waals surface area contributed by atoms with Gasteiger partial charge in [-0.2, -0.15) is 0 Å². The van der Waals surface area contributed by atoms with Crippen molar-refractivity contribution in [1.82, 2.24) is 20.2 Å². The van der Waals surface area contributed by atoms with Gasteiger partial charge in [-0.1, -0.05) is 30.3 Å². The van der Waals surface area contributed by atoms with Crippen LogP contribution in [-0.2, 0) is 24.3 Å². The molecule has 1 N–H and O–H groups in total. The molecule has 1 unspecified atom stereocenters. The Bertz CT molecular complexity index is 949. The number of rotatable bonds is 4. The Morgan fingerprint density at radius 3 is 2.93 bits per heavy atom. The Balaban J connectivity index is 1.48. The van der Waals surface area contributed by atoms with Gasteiger partial charge in [-0.05, 0) is 30.1 Å². The number of amides is 1. The number of nitrogens with zero attached hydrogens (tertiary/aromatic N) is 5. The van der Waals surface area contributed by atoms with Crippen molar-refractivity contribution in [1.29, 1.82) is 0 Å². The number of piperazine rings is 1. The predicted molar refractivity (Wildman–Crippen MR) is 113 cm³/mol. The monoisotopic (exact) mass is 426 g/mol. The van der Waals surface area contributed by atoms with Crippen LogP contribution in [0.15, 0.2) is 30.3 Å². The number of carbonyl (C=O) groups excluding carboxylic acids is 1. The molecule has 1 aromatic carbocycles. The van der Waals surface area contributed by atoms with Crippen molar-refractivity contribution in [2.24, 2.45) is 0 Å². The molecule has 2 aromatic rings. The lowest BCUT2D eigenvalue weighted by molar-refractivity contribution is 0.0788. The van der Waals surface area contributed by atoms with E-state index in [1.807, 2.05) is 30.3 Å². The second-order valence-corrected chi connectivity index (χ2v) is 7.68. The number of hydrogen-bond donors (Lipinski definition) is 1. The lowest BCUT2D eigenvalue weighted by Crippen LogP contribution is -2.57. The molecular weight excluding hydrogens is 404 g/mol. The molecule has 0 spiro atoms. The number of nitrogens with one attached hydrogen (secondary N) is 1. The van der Waals surface area contributed by atoms with Gasteiger partial charge in [0, 0.05) is 31.7 Å². The van der Waals surface area contributed by atoms with E-state index in [4.69, 9.17) is 22.9 Å². The SMILES string of the molecule is [C-]#[N+]CC1CN(c2nc(Cl)nc3c2CCNC3)CCN1C(=O)OCc1ccccc1. The highest BCUT2D eigenvalue weighted by molar-refractivity contribution is 6.28. The van der Waals surface area contributed by atoms with Crippen LogP contribution in [0.25, 0.3) is 4.85 Å². The lowest BCUT2D eigenvalue weighted by Gasteiger charge is -2.40. The molecule has 1 fully saturated rings. The molecule has 9 heteroatoms. The van der Waals surface area contributed by atoms with Crippen LogP contribution in [-0.4, -0.2) is 59.7 Å². The lowest BCUT2D eigenvalue weighted by atomic mass is 10.1. The summed E-state index contributed by atoms with van der Waals surface area (Å²) < 4.78 is 5.51. The first-order valence-electron chi connectivity index (χ1n) is 9.97. The minimum Gasteiger partial charge on any atom is -0.445 e. The van der Waals surface area contributed by atoms with Gasteiger partial charge >= 0.3 is 6.09 Å². The first-order chi connectivity index (χ1) is 14.7. The topological polar surface area (TPSA) is 75.0 Å². The number of benzene rings is 1. The molecule has 3 heterocycles. The normalized spacial score (nSPS) is 18.5. The average molecular weight is 427 g/mol. The molecule has 156 valence electrons. The Morgan fingerprint density at radius 2 is 2.13 bits per heavy atom. The van der Waals surface area contributed by atoms with E-state index in [0.717, 1.165) is 35.6 Å². The summed E-state index contributed by atoms with van der Waals surface area (Å²) in [6.45, 7) is 10.9. The maximum atomic E-state index is 12.7. The Kier molecular flexibility index (Phi) is 6.31. The summed E-state index contributed by atoms with van der Waals surface area (Å²) in [4.78, 5) is 28.9. The van der Waals surface area contributed by atoms with Gasteiger partial charge in [0.2, 0.25) is 11.8 Å². The zero-order chi connectivity index (χ0) is 20.9. The van der Waals surface area contributed by atoms with Crippen LogP contribution in [0.1, 0.15) is 16.8 Å². The van der Waals surface area contributed by atoms with Crippen LogP contribution in [0.2, 0.25) is 5.28 Å². The van der Waals surface area contributed by atoms with Crippen molar-refractivity contribution < 1.29 is 9.53 Å².